The average Bonchev–Trinajstić information content (AvgIpc) is 3.17. The van der Waals surface area contributed by atoms with E-state index in [0.717, 1.165) is 23.7 Å². The van der Waals surface area contributed by atoms with E-state index >= 15 is 0 Å². The largest absolute Gasteiger partial charge is 0.468 e. The van der Waals surface area contributed by atoms with Crippen LogP contribution in [0.5, 0.6) is 0 Å². The maximum Gasteiger partial charge on any atom is 0.230 e. The highest BCUT2D eigenvalue weighted by atomic mass is 16.5. The standard InChI is InChI=1S/C16H22N4O3/c1-19-11-18-14-10-20(8-12-4-3-6-23-12)9-13(15(14)19)16(21)17-5-7-22-2/h3-4,6,11,13H,5,7-10H2,1-2H3,(H,17,21). The lowest BCUT2D eigenvalue weighted by molar-refractivity contribution is -0.123. The molecule has 3 heterocycles. The van der Waals surface area contributed by atoms with Crippen LogP contribution in [0.25, 0.3) is 0 Å². The highest BCUT2D eigenvalue weighted by Crippen LogP contribution is 2.28. The molecule has 1 unspecified atom stereocenters. The summed E-state index contributed by atoms with van der Waals surface area (Å²) in [6.07, 6.45) is 3.44. The monoisotopic (exact) mass is 318 g/mol. The maximum absolute atomic E-state index is 12.6. The Morgan fingerprint density at radius 2 is 2.43 bits per heavy atom. The number of aryl methyl sites for hydroxylation is 1. The number of furan rings is 1. The van der Waals surface area contributed by atoms with Gasteiger partial charge in [0.25, 0.3) is 0 Å². The Hall–Kier alpha value is -2.12. The smallest absolute Gasteiger partial charge is 0.230 e. The van der Waals surface area contributed by atoms with E-state index in [0.29, 0.717) is 26.2 Å². The van der Waals surface area contributed by atoms with Crippen molar-refractivity contribution >= 4 is 5.91 Å². The molecule has 2 aromatic heterocycles. The van der Waals surface area contributed by atoms with Crippen LogP contribution < -0.4 is 5.32 Å². The van der Waals surface area contributed by atoms with Crippen molar-refractivity contribution in [2.24, 2.45) is 7.05 Å². The molecule has 0 fully saturated rings. The van der Waals surface area contributed by atoms with Crippen molar-refractivity contribution in [3.8, 4) is 0 Å². The van der Waals surface area contributed by atoms with Crippen molar-refractivity contribution in [2.45, 2.75) is 19.0 Å². The molecular formula is C16H22N4O3. The third kappa shape index (κ3) is 3.46. The Bertz CT molecular complexity index is 650. The molecule has 1 aliphatic heterocycles. The summed E-state index contributed by atoms with van der Waals surface area (Å²) < 4.78 is 12.4. The summed E-state index contributed by atoms with van der Waals surface area (Å²) >= 11 is 0. The van der Waals surface area contributed by atoms with Crippen molar-refractivity contribution in [3.05, 3.63) is 41.9 Å². The first-order valence-electron chi connectivity index (χ1n) is 7.70. The molecule has 23 heavy (non-hydrogen) atoms. The molecule has 0 aliphatic carbocycles. The number of methoxy groups -OCH3 is 1. The van der Waals surface area contributed by atoms with Gasteiger partial charge < -0.3 is 19.0 Å². The zero-order valence-electron chi connectivity index (χ0n) is 13.5. The van der Waals surface area contributed by atoms with Gasteiger partial charge in [-0.25, -0.2) is 4.98 Å². The third-order valence-corrected chi connectivity index (χ3v) is 4.09. The van der Waals surface area contributed by atoms with Gasteiger partial charge in [-0.1, -0.05) is 0 Å². The second-order valence-electron chi connectivity index (χ2n) is 5.77. The number of fused-ring (bicyclic) bond motifs is 1. The number of nitrogens with one attached hydrogen (secondary N) is 1. The Morgan fingerprint density at radius 3 is 3.17 bits per heavy atom. The first-order valence-corrected chi connectivity index (χ1v) is 7.70. The van der Waals surface area contributed by atoms with Gasteiger partial charge in [0, 0.05) is 33.8 Å². The number of rotatable bonds is 6. The summed E-state index contributed by atoms with van der Waals surface area (Å²) in [6.45, 7) is 3.06. The van der Waals surface area contributed by atoms with E-state index in [2.05, 4.69) is 15.2 Å². The van der Waals surface area contributed by atoms with Crippen molar-refractivity contribution in [2.75, 3.05) is 26.8 Å². The number of nitrogens with zero attached hydrogens (tertiary/aromatic N) is 3. The highest BCUT2D eigenvalue weighted by molar-refractivity contribution is 5.84. The number of ether oxygens (including phenoxy) is 1. The average molecular weight is 318 g/mol. The minimum Gasteiger partial charge on any atom is -0.468 e. The Morgan fingerprint density at radius 1 is 1.57 bits per heavy atom. The van der Waals surface area contributed by atoms with Crippen LogP contribution >= 0.6 is 0 Å². The minimum absolute atomic E-state index is 0.0102. The van der Waals surface area contributed by atoms with Gasteiger partial charge in [-0.2, -0.15) is 0 Å². The molecule has 124 valence electrons. The zero-order chi connectivity index (χ0) is 16.2. The molecular weight excluding hydrogens is 296 g/mol. The van der Waals surface area contributed by atoms with Crippen molar-refractivity contribution in [3.63, 3.8) is 0 Å². The number of carbonyl (C=O) groups excluding carboxylic acids is 1. The van der Waals surface area contributed by atoms with Gasteiger partial charge >= 0.3 is 0 Å². The van der Waals surface area contributed by atoms with E-state index in [9.17, 15) is 4.79 Å². The minimum atomic E-state index is -0.238. The molecule has 7 heteroatoms. The highest BCUT2D eigenvalue weighted by Gasteiger charge is 2.33. The van der Waals surface area contributed by atoms with Gasteiger partial charge in [-0.15, -0.1) is 0 Å². The van der Waals surface area contributed by atoms with E-state index in [1.165, 1.54) is 0 Å². The molecule has 0 aromatic carbocycles. The molecule has 1 atom stereocenters. The molecule has 0 radical (unpaired) electrons. The molecule has 1 aliphatic rings. The molecule has 3 rings (SSSR count). The summed E-state index contributed by atoms with van der Waals surface area (Å²) in [7, 11) is 3.56. The maximum atomic E-state index is 12.6. The van der Waals surface area contributed by atoms with Crippen LogP contribution in [-0.4, -0.2) is 47.2 Å². The summed E-state index contributed by atoms with van der Waals surface area (Å²) in [4.78, 5) is 19.2. The van der Waals surface area contributed by atoms with E-state index in [1.54, 1.807) is 19.7 Å². The van der Waals surface area contributed by atoms with Gasteiger partial charge in [0.2, 0.25) is 5.91 Å². The molecule has 0 bridgehead atoms. The van der Waals surface area contributed by atoms with E-state index in [1.807, 2.05) is 23.7 Å². The molecule has 2 aromatic rings. The lowest BCUT2D eigenvalue weighted by Crippen LogP contribution is -2.42. The summed E-state index contributed by atoms with van der Waals surface area (Å²) in [6, 6.07) is 3.82. The van der Waals surface area contributed by atoms with Crippen LogP contribution in [0.1, 0.15) is 23.1 Å². The Balaban J connectivity index is 1.76. The van der Waals surface area contributed by atoms with Crippen LogP contribution in [0, 0.1) is 0 Å². The fourth-order valence-electron chi connectivity index (χ4n) is 3.03. The molecule has 1 amide bonds. The van der Waals surface area contributed by atoms with Crippen LogP contribution in [0.2, 0.25) is 0 Å². The topological polar surface area (TPSA) is 72.5 Å². The normalized spacial score (nSPS) is 17.9. The number of amides is 1. The van der Waals surface area contributed by atoms with Gasteiger partial charge in [-0.3, -0.25) is 9.69 Å². The molecule has 7 nitrogen and oxygen atoms in total. The zero-order valence-corrected chi connectivity index (χ0v) is 13.5. The number of hydrogen-bond donors (Lipinski definition) is 1. The van der Waals surface area contributed by atoms with Crippen molar-refractivity contribution in [1.29, 1.82) is 0 Å². The number of aromatic nitrogens is 2. The molecule has 1 N–H and O–H groups in total. The Kier molecular flexibility index (Phi) is 4.78. The second-order valence-corrected chi connectivity index (χ2v) is 5.77. The summed E-state index contributed by atoms with van der Waals surface area (Å²) in [5.41, 5.74) is 1.95. The van der Waals surface area contributed by atoms with Crippen LogP contribution in [0.15, 0.2) is 29.1 Å². The summed E-state index contributed by atoms with van der Waals surface area (Å²) in [5.74, 6) is 0.664. The van der Waals surface area contributed by atoms with E-state index < -0.39 is 0 Å². The third-order valence-electron chi connectivity index (χ3n) is 4.09. The lowest BCUT2D eigenvalue weighted by Gasteiger charge is -2.31. The van der Waals surface area contributed by atoms with Gasteiger partial charge in [0.1, 0.15) is 5.76 Å². The van der Waals surface area contributed by atoms with Gasteiger partial charge in [0.05, 0.1) is 43.0 Å². The second kappa shape index (κ2) is 6.97. The number of carbonyl (C=O) groups is 1. The number of hydrogen-bond acceptors (Lipinski definition) is 5. The van der Waals surface area contributed by atoms with Crippen LogP contribution in [0.3, 0.4) is 0 Å². The molecule has 0 spiro atoms. The predicted octanol–water partition coefficient (Wildman–Crippen LogP) is 0.875. The first-order chi connectivity index (χ1) is 11.2. The van der Waals surface area contributed by atoms with Gasteiger partial charge in [0.15, 0.2) is 0 Å². The van der Waals surface area contributed by atoms with Gasteiger partial charge in [-0.05, 0) is 12.1 Å². The fourth-order valence-corrected chi connectivity index (χ4v) is 3.03. The predicted molar refractivity (Wildman–Crippen MR) is 83.7 cm³/mol. The fraction of sp³-hybridized carbons (Fsp3) is 0.500. The molecule has 0 saturated carbocycles. The first kappa shape index (κ1) is 15.8. The summed E-state index contributed by atoms with van der Waals surface area (Å²) in [5, 5.41) is 2.94. The number of imidazole rings is 1. The van der Waals surface area contributed by atoms with Crippen molar-refractivity contribution < 1.29 is 13.9 Å². The van der Waals surface area contributed by atoms with Crippen LogP contribution in [-0.2, 0) is 29.7 Å². The molecule has 0 saturated heterocycles. The van der Waals surface area contributed by atoms with Crippen LogP contribution in [0.4, 0.5) is 0 Å². The van der Waals surface area contributed by atoms with E-state index in [-0.39, 0.29) is 11.8 Å². The quantitative estimate of drug-likeness (QED) is 0.800. The van der Waals surface area contributed by atoms with Crippen molar-refractivity contribution in [1.82, 2.24) is 19.8 Å². The SMILES string of the molecule is COCCNC(=O)C1CN(Cc2ccco2)Cc2ncn(C)c21. The van der Waals surface area contributed by atoms with E-state index in [4.69, 9.17) is 9.15 Å². The Labute approximate surface area is 135 Å². The lowest BCUT2D eigenvalue weighted by atomic mass is 9.97.